The third-order valence-corrected chi connectivity index (χ3v) is 5.80. The molecule has 1 aliphatic carbocycles. The molecule has 0 bridgehead atoms. The molecule has 3 unspecified atom stereocenters. The number of hydrogen-bond acceptors (Lipinski definition) is 10. The molecule has 3 aliphatic rings. The fourth-order valence-electron chi connectivity index (χ4n) is 4.14. The molecule has 1 fully saturated rings. The van der Waals surface area contributed by atoms with Gasteiger partial charge in [0.15, 0.2) is 12.6 Å². The number of ether oxygens (including phenoxy) is 5. The Hall–Kier alpha value is -1.53. The highest BCUT2D eigenvalue weighted by molar-refractivity contribution is 5.69. The van der Waals surface area contributed by atoms with Gasteiger partial charge < -0.3 is 44.1 Å². The summed E-state index contributed by atoms with van der Waals surface area (Å²) < 4.78 is 27.2. The summed E-state index contributed by atoms with van der Waals surface area (Å²) >= 11 is 0. The highest BCUT2D eigenvalue weighted by Gasteiger charge is 2.46. The molecule has 0 spiro atoms. The van der Waals surface area contributed by atoms with Gasteiger partial charge in [-0.25, -0.2) is 0 Å². The third kappa shape index (κ3) is 5.28. The zero-order valence-electron chi connectivity index (χ0n) is 17.9. The third-order valence-electron chi connectivity index (χ3n) is 5.80. The molecule has 2 heterocycles. The van der Waals surface area contributed by atoms with Crippen LogP contribution < -0.4 is 0 Å². The van der Waals surface area contributed by atoms with Crippen LogP contribution in [0.2, 0.25) is 0 Å². The second-order valence-electron chi connectivity index (χ2n) is 8.48. The van der Waals surface area contributed by atoms with E-state index in [1.807, 2.05) is 19.9 Å². The Kier molecular flexibility index (Phi) is 8.08. The van der Waals surface area contributed by atoms with E-state index in [0.717, 1.165) is 11.1 Å². The van der Waals surface area contributed by atoms with Crippen molar-refractivity contribution in [2.75, 3.05) is 20.3 Å². The zero-order valence-corrected chi connectivity index (χ0v) is 17.9. The van der Waals surface area contributed by atoms with Gasteiger partial charge in [-0.1, -0.05) is 19.9 Å². The van der Waals surface area contributed by atoms with Crippen LogP contribution in [0.5, 0.6) is 0 Å². The maximum absolute atomic E-state index is 12.1. The Morgan fingerprint density at radius 1 is 1.13 bits per heavy atom. The lowest BCUT2D eigenvalue weighted by atomic mass is 9.84. The molecule has 0 radical (unpaired) electrons. The van der Waals surface area contributed by atoms with Crippen molar-refractivity contribution in [2.45, 2.75) is 63.9 Å². The van der Waals surface area contributed by atoms with Crippen LogP contribution in [0.15, 0.2) is 23.5 Å². The average molecular weight is 444 g/mol. The highest BCUT2D eigenvalue weighted by Crippen LogP contribution is 2.43. The van der Waals surface area contributed by atoms with Crippen molar-refractivity contribution in [1.29, 1.82) is 0 Å². The van der Waals surface area contributed by atoms with E-state index in [9.17, 15) is 25.2 Å². The number of allylic oxidation sites excluding steroid dienone is 1. The van der Waals surface area contributed by atoms with Crippen molar-refractivity contribution >= 4 is 5.97 Å². The molecular weight excluding hydrogens is 412 g/mol. The first-order valence-corrected chi connectivity index (χ1v) is 10.4. The van der Waals surface area contributed by atoms with Gasteiger partial charge in [-0.05, 0) is 23.5 Å². The number of aliphatic hydroxyl groups excluding tert-OH is 4. The number of fused-ring (bicyclic) bond motifs is 1. The van der Waals surface area contributed by atoms with E-state index in [1.54, 1.807) is 0 Å². The maximum atomic E-state index is 12.1. The van der Waals surface area contributed by atoms with Crippen molar-refractivity contribution in [1.82, 2.24) is 0 Å². The van der Waals surface area contributed by atoms with Gasteiger partial charge in [0.2, 0.25) is 6.29 Å². The Bertz CT molecular complexity index is 688. The Morgan fingerprint density at radius 2 is 1.84 bits per heavy atom. The van der Waals surface area contributed by atoms with Gasteiger partial charge in [0.1, 0.15) is 18.3 Å². The van der Waals surface area contributed by atoms with Crippen LogP contribution in [0.4, 0.5) is 0 Å². The summed E-state index contributed by atoms with van der Waals surface area (Å²) in [6, 6.07) is 0. The predicted octanol–water partition coefficient (Wildman–Crippen LogP) is -0.201. The van der Waals surface area contributed by atoms with Gasteiger partial charge in [0.05, 0.1) is 25.4 Å². The van der Waals surface area contributed by atoms with Crippen LogP contribution in [0, 0.1) is 17.8 Å². The minimum atomic E-state index is -1.49. The summed E-state index contributed by atoms with van der Waals surface area (Å²) in [5.41, 5.74) is 1.45. The number of esters is 1. The quantitative estimate of drug-likeness (QED) is 0.293. The second-order valence-corrected chi connectivity index (χ2v) is 8.48. The standard InChI is InChI=1S/C21H32O10/c1-10(2)6-14(23)30-19-15-11(7-22)4-5-13(15)12(8-28-19)9-29-21-18(26)16(24)17(25)20(27-3)31-21/h4,8,10,13,15-22,24-26H,5-7,9H2,1-3H3/t13?,15?,16-,17-,18+,19?,20-,21+/m0/s1. The summed E-state index contributed by atoms with van der Waals surface area (Å²) in [7, 11) is 1.30. The number of aliphatic hydroxyl groups is 4. The monoisotopic (exact) mass is 444 g/mol. The van der Waals surface area contributed by atoms with Gasteiger partial charge in [0, 0.05) is 19.4 Å². The van der Waals surface area contributed by atoms with E-state index in [2.05, 4.69) is 0 Å². The van der Waals surface area contributed by atoms with E-state index < -0.39 is 37.2 Å². The molecule has 176 valence electrons. The molecule has 3 rings (SSSR count). The molecule has 31 heavy (non-hydrogen) atoms. The molecule has 1 saturated heterocycles. The number of rotatable bonds is 8. The SMILES string of the molecule is CO[C@H]1O[C@@H](OCC2=COC(OC(=O)CC(C)C)C3C(CO)=CCC23)[C@H](O)[C@@H](O)[C@@H]1O. The molecule has 2 aliphatic heterocycles. The molecule has 0 saturated carbocycles. The number of hydrogen-bond donors (Lipinski definition) is 4. The lowest BCUT2D eigenvalue weighted by Gasteiger charge is -2.40. The van der Waals surface area contributed by atoms with Crippen LogP contribution in [0.25, 0.3) is 0 Å². The first-order chi connectivity index (χ1) is 14.8. The molecule has 0 aromatic rings. The smallest absolute Gasteiger partial charge is 0.309 e. The summed E-state index contributed by atoms with van der Waals surface area (Å²) in [6.07, 6.45) is -3.35. The normalized spacial score (nSPS) is 37.7. The fourth-order valence-corrected chi connectivity index (χ4v) is 4.14. The van der Waals surface area contributed by atoms with Crippen molar-refractivity contribution in [3.8, 4) is 0 Å². The van der Waals surface area contributed by atoms with Crippen LogP contribution in [-0.4, -0.2) is 83.9 Å². The minimum absolute atomic E-state index is 0.00134. The van der Waals surface area contributed by atoms with Gasteiger partial charge in [-0.2, -0.15) is 0 Å². The van der Waals surface area contributed by atoms with Crippen LogP contribution >= 0.6 is 0 Å². The second kappa shape index (κ2) is 10.4. The average Bonchev–Trinajstić information content (AvgIpc) is 3.17. The topological polar surface area (TPSA) is 144 Å². The van der Waals surface area contributed by atoms with Gasteiger partial charge in [-0.3, -0.25) is 4.79 Å². The van der Waals surface area contributed by atoms with Crippen molar-refractivity contribution < 1.29 is 48.9 Å². The van der Waals surface area contributed by atoms with Crippen LogP contribution in [0.1, 0.15) is 26.7 Å². The lowest BCUT2D eigenvalue weighted by molar-refractivity contribution is -0.344. The van der Waals surface area contributed by atoms with Crippen LogP contribution in [-0.2, 0) is 28.5 Å². The molecule has 8 atom stereocenters. The number of carbonyl (C=O) groups excluding carboxylic acids is 1. The van der Waals surface area contributed by atoms with E-state index in [4.69, 9.17) is 23.7 Å². The molecule has 0 aromatic heterocycles. The fraction of sp³-hybridized carbons (Fsp3) is 0.762. The van der Waals surface area contributed by atoms with E-state index in [1.165, 1.54) is 13.4 Å². The molecule has 4 N–H and O–H groups in total. The Labute approximate surface area is 181 Å². The zero-order chi connectivity index (χ0) is 22.7. The molecular formula is C21H32O10. The number of methoxy groups -OCH3 is 1. The maximum Gasteiger partial charge on any atom is 0.309 e. The van der Waals surface area contributed by atoms with Crippen molar-refractivity contribution in [3.63, 3.8) is 0 Å². The van der Waals surface area contributed by atoms with Gasteiger partial charge in [-0.15, -0.1) is 0 Å². The first kappa shape index (κ1) is 24.1. The summed E-state index contributed by atoms with van der Waals surface area (Å²) in [5.74, 6) is -0.689. The van der Waals surface area contributed by atoms with Gasteiger partial charge in [0.25, 0.3) is 0 Å². The van der Waals surface area contributed by atoms with E-state index >= 15 is 0 Å². The molecule has 0 amide bonds. The number of carbonyl (C=O) groups is 1. The van der Waals surface area contributed by atoms with Crippen molar-refractivity contribution in [3.05, 3.63) is 23.5 Å². The van der Waals surface area contributed by atoms with Gasteiger partial charge >= 0.3 is 5.97 Å². The summed E-state index contributed by atoms with van der Waals surface area (Å²) in [4.78, 5) is 12.1. The molecule has 10 nitrogen and oxygen atoms in total. The molecule has 0 aromatic carbocycles. The van der Waals surface area contributed by atoms with Crippen LogP contribution in [0.3, 0.4) is 0 Å². The lowest BCUT2D eigenvalue weighted by Crippen LogP contribution is -2.58. The largest absolute Gasteiger partial charge is 0.462 e. The minimum Gasteiger partial charge on any atom is -0.462 e. The Balaban J connectivity index is 1.66. The van der Waals surface area contributed by atoms with E-state index in [-0.39, 0.29) is 43.4 Å². The molecule has 10 heteroatoms. The summed E-state index contributed by atoms with van der Waals surface area (Å²) in [6.45, 7) is 3.66. The summed E-state index contributed by atoms with van der Waals surface area (Å²) in [5, 5.41) is 39.7. The first-order valence-electron chi connectivity index (χ1n) is 10.4. The van der Waals surface area contributed by atoms with E-state index in [0.29, 0.717) is 6.42 Å². The highest BCUT2D eigenvalue weighted by atomic mass is 16.8. The van der Waals surface area contributed by atoms with Crippen molar-refractivity contribution in [2.24, 2.45) is 17.8 Å². The predicted molar refractivity (Wildman–Crippen MR) is 105 cm³/mol. The Morgan fingerprint density at radius 3 is 2.48 bits per heavy atom.